The second-order valence-electron chi connectivity index (χ2n) is 4.02. The lowest BCUT2D eigenvalue weighted by Crippen LogP contribution is -2.14. The maximum absolute atomic E-state index is 8.93. The van der Waals surface area contributed by atoms with Gasteiger partial charge in [0, 0.05) is 6.54 Å². The summed E-state index contributed by atoms with van der Waals surface area (Å²) in [5.74, 6) is 0. The van der Waals surface area contributed by atoms with Crippen molar-refractivity contribution in [3.05, 3.63) is 24.6 Å². The average molecular weight is 225 g/mol. The summed E-state index contributed by atoms with van der Waals surface area (Å²) in [5.41, 5.74) is 0. The smallest absolute Gasteiger partial charge is 0.0610 e. The number of hydrogen-bond donors (Lipinski definition) is 1. The predicted octanol–water partition coefficient (Wildman–Crippen LogP) is 3.69. The van der Waals surface area contributed by atoms with E-state index in [0.29, 0.717) is 6.54 Å². The Labute approximate surface area is 101 Å². The number of unbranched alkanes of at least 4 members (excludes halogenated alkanes) is 4. The molecule has 2 heteroatoms. The molecule has 0 rings (SSSR count). The molecule has 16 heavy (non-hydrogen) atoms. The van der Waals surface area contributed by atoms with E-state index in [-0.39, 0.29) is 6.61 Å². The summed E-state index contributed by atoms with van der Waals surface area (Å²) < 4.78 is 0. The zero-order valence-corrected chi connectivity index (χ0v) is 10.9. The van der Waals surface area contributed by atoms with Crippen LogP contribution in [-0.4, -0.2) is 23.2 Å². The first-order valence-electron chi connectivity index (χ1n) is 6.55. The molecule has 0 amide bonds. The van der Waals surface area contributed by atoms with Crippen molar-refractivity contribution in [2.24, 2.45) is 0 Å². The van der Waals surface area contributed by atoms with Crippen LogP contribution >= 0.6 is 0 Å². The lowest BCUT2D eigenvalue weighted by atomic mass is 10.2. The van der Waals surface area contributed by atoms with Crippen LogP contribution in [0.5, 0.6) is 0 Å². The molecule has 0 aromatic rings. The highest BCUT2D eigenvalue weighted by Crippen LogP contribution is 2.00. The molecule has 0 aliphatic carbocycles. The molecule has 1 N–H and O–H groups in total. The highest BCUT2D eigenvalue weighted by Gasteiger charge is 1.91. The zero-order valence-electron chi connectivity index (χ0n) is 10.9. The zero-order chi connectivity index (χ0) is 12.1. The van der Waals surface area contributed by atoms with Gasteiger partial charge in [0.05, 0.1) is 6.61 Å². The van der Waals surface area contributed by atoms with Gasteiger partial charge in [-0.1, -0.05) is 51.7 Å². The van der Waals surface area contributed by atoms with Crippen LogP contribution in [0.15, 0.2) is 24.6 Å². The summed E-state index contributed by atoms with van der Waals surface area (Å²) in [7, 11) is 0. The van der Waals surface area contributed by atoms with Crippen molar-refractivity contribution in [2.75, 3.05) is 13.2 Å². The Balaban J connectivity index is 3.85. The van der Waals surface area contributed by atoms with E-state index in [4.69, 9.17) is 5.11 Å². The van der Waals surface area contributed by atoms with E-state index in [0.717, 1.165) is 12.8 Å². The van der Waals surface area contributed by atoms with E-state index in [9.17, 15) is 0 Å². The summed E-state index contributed by atoms with van der Waals surface area (Å²) in [6.45, 7) is 5.29. The number of aliphatic hydroxyl groups excluding tert-OH is 1. The number of allylic oxidation sites excluding steroid dienone is 2. The molecule has 0 bridgehead atoms. The van der Waals surface area contributed by atoms with Crippen LogP contribution in [0, 0.1) is 0 Å². The van der Waals surface area contributed by atoms with Gasteiger partial charge in [0.15, 0.2) is 0 Å². The summed E-state index contributed by atoms with van der Waals surface area (Å²) in [6.07, 6.45) is 15.7. The minimum absolute atomic E-state index is 0.205. The Hall–Kier alpha value is -0.760. The maximum atomic E-state index is 8.93. The molecule has 0 atom stereocenters. The Morgan fingerprint density at radius 1 is 0.938 bits per heavy atom. The summed E-state index contributed by atoms with van der Waals surface area (Å²) in [5, 5.41) is 8.93. The van der Waals surface area contributed by atoms with Gasteiger partial charge in [-0.2, -0.15) is 0 Å². The topological polar surface area (TPSA) is 23.5 Å². The fourth-order valence-corrected chi connectivity index (χ4v) is 1.38. The van der Waals surface area contributed by atoms with E-state index in [1.807, 2.05) is 0 Å². The molecule has 0 fully saturated rings. The van der Waals surface area contributed by atoms with Crippen molar-refractivity contribution >= 4 is 0 Å². The first-order valence-corrected chi connectivity index (χ1v) is 6.55. The third-order valence-corrected chi connectivity index (χ3v) is 2.40. The molecule has 0 aromatic heterocycles. The first-order chi connectivity index (χ1) is 7.85. The highest BCUT2D eigenvalue weighted by molar-refractivity contribution is 4.91. The molecule has 0 aliphatic rings. The van der Waals surface area contributed by atoms with E-state index >= 15 is 0 Å². The fraction of sp³-hybridized carbons (Fsp3) is 0.714. The second-order valence-corrected chi connectivity index (χ2v) is 4.02. The largest absolute Gasteiger partial charge is 0.395 e. The van der Waals surface area contributed by atoms with E-state index in [2.05, 4.69) is 43.3 Å². The lowest BCUT2D eigenvalue weighted by Gasteiger charge is -2.13. The van der Waals surface area contributed by atoms with E-state index in [1.54, 1.807) is 0 Å². The van der Waals surface area contributed by atoms with Crippen LogP contribution in [-0.2, 0) is 0 Å². The fourth-order valence-electron chi connectivity index (χ4n) is 1.38. The van der Waals surface area contributed by atoms with Crippen LogP contribution in [0.25, 0.3) is 0 Å². The van der Waals surface area contributed by atoms with E-state index < -0.39 is 0 Å². The first kappa shape index (κ1) is 15.2. The van der Waals surface area contributed by atoms with Gasteiger partial charge < -0.3 is 10.0 Å². The van der Waals surface area contributed by atoms with Gasteiger partial charge in [-0.25, -0.2) is 0 Å². The lowest BCUT2D eigenvalue weighted by molar-refractivity contribution is 0.263. The van der Waals surface area contributed by atoms with Crippen LogP contribution in [0.3, 0.4) is 0 Å². The quantitative estimate of drug-likeness (QED) is 0.573. The molecule has 0 saturated heterocycles. The highest BCUT2D eigenvalue weighted by atomic mass is 16.3. The standard InChI is InChI=1S/C14H27NO/c1-3-5-7-9-11-15(13-14-16)12-10-8-6-4-2/h9-12,16H,3-8,13-14H2,1-2H3. The van der Waals surface area contributed by atoms with Crippen molar-refractivity contribution in [1.29, 1.82) is 0 Å². The molecule has 0 spiro atoms. The van der Waals surface area contributed by atoms with Gasteiger partial charge in [0.2, 0.25) is 0 Å². The maximum Gasteiger partial charge on any atom is 0.0610 e. The summed E-state index contributed by atoms with van der Waals surface area (Å²) in [4.78, 5) is 2.06. The van der Waals surface area contributed by atoms with Gasteiger partial charge in [-0.3, -0.25) is 0 Å². The molecule has 0 unspecified atom stereocenters. The van der Waals surface area contributed by atoms with Crippen molar-refractivity contribution < 1.29 is 5.11 Å². The van der Waals surface area contributed by atoms with Crippen molar-refractivity contribution in [1.82, 2.24) is 4.90 Å². The number of nitrogens with zero attached hydrogens (tertiary/aromatic N) is 1. The minimum atomic E-state index is 0.205. The molecule has 0 heterocycles. The number of aliphatic hydroxyl groups is 1. The molecule has 94 valence electrons. The van der Waals surface area contributed by atoms with Crippen molar-refractivity contribution in [3.8, 4) is 0 Å². The van der Waals surface area contributed by atoms with Gasteiger partial charge >= 0.3 is 0 Å². The van der Waals surface area contributed by atoms with Crippen LogP contribution < -0.4 is 0 Å². The Bertz CT molecular complexity index is 169. The van der Waals surface area contributed by atoms with Crippen LogP contribution in [0.4, 0.5) is 0 Å². The number of hydrogen-bond acceptors (Lipinski definition) is 2. The molecule has 0 aromatic carbocycles. The summed E-state index contributed by atoms with van der Waals surface area (Å²) >= 11 is 0. The molecular weight excluding hydrogens is 198 g/mol. The molecular formula is C14H27NO. The predicted molar refractivity (Wildman–Crippen MR) is 71.1 cm³/mol. The third-order valence-electron chi connectivity index (χ3n) is 2.40. The van der Waals surface area contributed by atoms with Crippen LogP contribution in [0.2, 0.25) is 0 Å². The normalized spacial score (nSPS) is 11.7. The average Bonchev–Trinajstić information content (AvgIpc) is 2.30. The third kappa shape index (κ3) is 9.78. The monoisotopic (exact) mass is 225 g/mol. The van der Waals surface area contributed by atoms with Gasteiger partial charge in [-0.05, 0) is 25.2 Å². The molecule has 0 aliphatic heterocycles. The van der Waals surface area contributed by atoms with Gasteiger partial charge in [-0.15, -0.1) is 0 Å². The number of rotatable bonds is 10. The van der Waals surface area contributed by atoms with Gasteiger partial charge in [0.1, 0.15) is 0 Å². The van der Waals surface area contributed by atoms with Gasteiger partial charge in [0.25, 0.3) is 0 Å². The molecule has 0 radical (unpaired) electrons. The van der Waals surface area contributed by atoms with Crippen molar-refractivity contribution in [3.63, 3.8) is 0 Å². The van der Waals surface area contributed by atoms with Crippen LogP contribution in [0.1, 0.15) is 52.4 Å². The summed E-state index contributed by atoms with van der Waals surface area (Å²) in [6, 6.07) is 0. The Kier molecular flexibility index (Phi) is 11.7. The Morgan fingerprint density at radius 2 is 1.44 bits per heavy atom. The molecule has 2 nitrogen and oxygen atoms in total. The second kappa shape index (κ2) is 12.3. The minimum Gasteiger partial charge on any atom is -0.395 e. The van der Waals surface area contributed by atoms with E-state index in [1.165, 1.54) is 25.7 Å². The molecule has 0 saturated carbocycles. The SMILES string of the molecule is CCCCC=CN(C=CCCCC)CCO. The van der Waals surface area contributed by atoms with Crippen molar-refractivity contribution in [2.45, 2.75) is 52.4 Å². The Morgan fingerprint density at radius 3 is 1.81 bits per heavy atom.